The van der Waals surface area contributed by atoms with Crippen molar-refractivity contribution in [3.63, 3.8) is 0 Å². The summed E-state index contributed by atoms with van der Waals surface area (Å²) in [6.45, 7) is 0.492. The molecule has 1 aromatic carbocycles. The zero-order chi connectivity index (χ0) is 24.7. The van der Waals surface area contributed by atoms with Crippen LogP contribution >= 0.6 is 0 Å². The zero-order valence-electron chi connectivity index (χ0n) is 18.1. The molecule has 34 heavy (non-hydrogen) atoms. The summed E-state index contributed by atoms with van der Waals surface area (Å²) < 4.78 is 78.2. The van der Waals surface area contributed by atoms with Crippen molar-refractivity contribution in [2.75, 3.05) is 6.54 Å². The van der Waals surface area contributed by atoms with E-state index in [0.717, 1.165) is 31.0 Å². The highest BCUT2D eigenvalue weighted by atomic mass is 19.4. The normalized spacial score (nSPS) is 23.0. The minimum absolute atomic E-state index is 0.0408. The monoisotopic (exact) mass is 486 g/mol. The number of aliphatic carboxylic acids is 1. The fraction of sp³-hybridized carbons (Fsp3) is 0.500. The van der Waals surface area contributed by atoms with E-state index in [2.05, 4.69) is 9.88 Å². The predicted octanol–water partition coefficient (Wildman–Crippen LogP) is 6.50. The first-order chi connectivity index (χ1) is 15.9. The Balaban J connectivity index is 1.67. The van der Waals surface area contributed by atoms with Gasteiger partial charge in [0.25, 0.3) is 0 Å². The summed E-state index contributed by atoms with van der Waals surface area (Å²) in [7, 11) is 0. The van der Waals surface area contributed by atoms with Gasteiger partial charge >= 0.3 is 18.3 Å². The second-order valence-electron chi connectivity index (χ2n) is 9.12. The van der Waals surface area contributed by atoms with Crippen molar-refractivity contribution in [1.29, 1.82) is 0 Å². The lowest BCUT2D eigenvalue weighted by Crippen LogP contribution is -2.41. The Labute approximate surface area is 192 Å². The summed E-state index contributed by atoms with van der Waals surface area (Å²) in [6, 6.07) is 6.64. The average Bonchev–Trinajstić information content (AvgIpc) is 3.59. The standard InChI is InChI=1S/C24H24F6N2O2/c25-23(26,27)18-6-3-15(4-7-18)19-11-14(12-21(33)34)9-10-32(19)22(16-1-2-16)17-5-8-20(31-13-17)24(28,29)30/h3-8,13-14,16,19,22H,1-2,9-12H2,(H,33,34)/t14-,19+,22-/m1/s1. The molecule has 3 atom stereocenters. The highest BCUT2D eigenvalue weighted by Gasteiger charge is 2.43. The molecule has 4 nitrogen and oxygen atoms in total. The molecule has 0 spiro atoms. The minimum atomic E-state index is -4.55. The molecule has 184 valence electrons. The lowest BCUT2D eigenvalue weighted by molar-refractivity contribution is -0.141. The van der Waals surface area contributed by atoms with Crippen molar-refractivity contribution < 1.29 is 36.2 Å². The third-order valence-corrected chi connectivity index (χ3v) is 6.68. The second-order valence-corrected chi connectivity index (χ2v) is 9.12. The molecule has 10 heteroatoms. The number of rotatable bonds is 6. The Morgan fingerprint density at radius 2 is 1.68 bits per heavy atom. The molecule has 1 aliphatic carbocycles. The van der Waals surface area contributed by atoms with E-state index in [1.54, 1.807) is 0 Å². The minimum Gasteiger partial charge on any atom is -0.481 e. The molecule has 2 fully saturated rings. The van der Waals surface area contributed by atoms with E-state index in [-0.39, 0.29) is 30.3 Å². The first-order valence-electron chi connectivity index (χ1n) is 11.1. The number of carboxylic acids is 1. The van der Waals surface area contributed by atoms with E-state index in [1.165, 1.54) is 24.4 Å². The van der Waals surface area contributed by atoms with Crippen LogP contribution in [-0.2, 0) is 17.1 Å². The maximum Gasteiger partial charge on any atom is 0.433 e. The van der Waals surface area contributed by atoms with E-state index in [9.17, 15) is 36.2 Å². The van der Waals surface area contributed by atoms with Crippen molar-refractivity contribution in [2.45, 2.75) is 56.5 Å². The molecule has 2 aliphatic rings. The van der Waals surface area contributed by atoms with Crippen molar-refractivity contribution >= 4 is 5.97 Å². The molecule has 0 unspecified atom stereocenters. The van der Waals surface area contributed by atoms with Gasteiger partial charge in [0.2, 0.25) is 0 Å². The molecule has 0 radical (unpaired) electrons. The van der Waals surface area contributed by atoms with Crippen LogP contribution in [0.1, 0.15) is 66.6 Å². The van der Waals surface area contributed by atoms with Crippen LogP contribution in [0.3, 0.4) is 0 Å². The number of halogens is 6. The smallest absolute Gasteiger partial charge is 0.433 e. The molecule has 2 aromatic rings. The SMILES string of the molecule is O=C(O)C[C@@H]1CCN([C@@H](c2ccc(C(F)(F)F)nc2)C2CC2)[C@H](c2ccc(C(F)(F)F)cc2)C1. The Morgan fingerprint density at radius 1 is 1.00 bits per heavy atom. The van der Waals surface area contributed by atoms with E-state index in [0.29, 0.717) is 30.5 Å². The number of carbonyl (C=O) groups is 1. The van der Waals surface area contributed by atoms with Crippen LogP contribution < -0.4 is 0 Å². The molecule has 0 bridgehead atoms. The first kappa shape index (κ1) is 24.5. The fourth-order valence-electron chi connectivity index (χ4n) is 4.94. The summed E-state index contributed by atoms with van der Waals surface area (Å²) in [5.74, 6) is -0.881. The van der Waals surface area contributed by atoms with Gasteiger partial charge in [0, 0.05) is 24.7 Å². The van der Waals surface area contributed by atoms with Crippen LogP contribution in [-0.4, -0.2) is 27.5 Å². The van der Waals surface area contributed by atoms with Gasteiger partial charge in [-0.15, -0.1) is 0 Å². The largest absolute Gasteiger partial charge is 0.481 e. The Kier molecular flexibility index (Phi) is 6.63. The van der Waals surface area contributed by atoms with Crippen molar-refractivity contribution in [3.05, 3.63) is 65.0 Å². The molecule has 0 amide bonds. The Hall–Kier alpha value is -2.62. The van der Waals surface area contributed by atoms with Crippen LogP contribution in [0.15, 0.2) is 42.6 Å². The van der Waals surface area contributed by atoms with Gasteiger partial charge in [0.15, 0.2) is 0 Å². The number of hydrogen-bond acceptors (Lipinski definition) is 3. The van der Waals surface area contributed by atoms with E-state index < -0.39 is 29.6 Å². The summed E-state index contributed by atoms with van der Waals surface area (Å²) in [5, 5.41) is 9.25. The molecule has 1 aliphatic heterocycles. The molecular formula is C24H24F6N2O2. The van der Waals surface area contributed by atoms with Crippen LogP contribution in [0.2, 0.25) is 0 Å². The maximum absolute atomic E-state index is 13.1. The number of alkyl halides is 6. The predicted molar refractivity (Wildman–Crippen MR) is 111 cm³/mol. The Bertz CT molecular complexity index is 1000. The van der Waals surface area contributed by atoms with Gasteiger partial charge in [-0.3, -0.25) is 14.7 Å². The maximum atomic E-state index is 13.1. The number of likely N-dealkylation sites (tertiary alicyclic amines) is 1. The second kappa shape index (κ2) is 9.20. The van der Waals surface area contributed by atoms with Gasteiger partial charge in [-0.05, 0) is 73.4 Å². The number of nitrogens with zero attached hydrogens (tertiary/aromatic N) is 2. The van der Waals surface area contributed by atoms with E-state index in [4.69, 9.17) is 0 Å². The molecule has 1 saturated heterocycles. The van der Waals surface area contributed by atoms with Gasteiger partial charge in [-0.1, -0.05) is 18.2 Å². The number of piperidine rings is 1. The van der Waals surface area contributed by atoms with Gasteiger partial charge in [-0.25, -0.2) is 0 Å². The lowest BCUT2D eigenvalue weighted by atomic mass is 9.83. The lowest BCUT2D eigenvalue weighted by Gasteiger charge is -2.44. The number of hydrogen-bond donors (Lipinski definition) is 1. The number of benzene rings is 1. The van der Waals surface area contributed by atoms with Crippen LogP contribution in [0.5, 0.6) is 0 Å². The van der Waals surface area contributed by atoms with Crippen LogP contribution in [0, 0.1) is 11.8 Å². The van der Waals surface area contributed by atoms with Gasteiger partial charge in [0.05, 0.1) is 5.56 Å². The number of carboxylic acid groups (broad SMARTS) is 1. The fourth-order valence-corrected chi connectivity index (χ4v) is 4.94. The summed E-state index contributed by atoms with van der Waals surface area (Å²) >= 11 is 0. The summed E-state index contributed by atoms with van der Waals surface area (Å²) in [5.41, 5.74) is -0.491. The van der Waals surface area contributed by atoms with Crippen LogP contribution in [0.25, 0.3) is 0 Å². The van der Waals surface area contributed by atoms with Crippen molar-refractivity contribution in [1.82, 2.24) is 9.88 Å². The topological polar surface area (TPSA) is 53.4 Å². The van der Waals surface area contributed by atoms with E-state index in [1.807, 2.05) is 0 Å². The third-order valence-electron chi connectivity index (χ3n) is 6.68. The summed E-state index contributed by atoms with van der Waals surface area (Å²) in [6.07, 6.45) is -5.03. The van der Waals surface area contributed by atoms with Gasteiger partial charge in [-0.2, -0.15) is 26.3 Å². The molecule has 2 heterocycles. The van der Waals surface area contributed by atoms with Gasteiger partial charge < -0.3 is 5.11 Å². The molecule has 1 aromatic heterocycles. The van der Waals surface area contributed by atoms with Crippen molar-refractivity contribution in [2.24, 2.45) is 11.8 Å². The molecule has 1 N–H and O–H groups in total. The molecule has 1 saturated carbocycles. The van der Waals surface area contributed by atoms with Crippen molar-refractivity contribution in [3.8, 4) is 0 Å². The van der Waals surface area contributed by atoms with Crippen LogP contribution in [0.4, 0.5) is 26.3 Å². The number of pyridine rings is 1. The van der Waals surface area contributed by atoms with Gasteiger partial charge in [0.1, 0.15) is 5.69 Å². The Morgan fingerprint density at radius 3 is 2.18 bits per heavy atom. The zero-order valence-corrected chi connectivity index (χ0v) is 18.1. The quantitative estimate of drug-likeness (QED) is 0.474. The van der Waals surface area contributed by atoms with E-state index >= 15 is 0 Å². The highest BCUT2D eigenvalue weighted by molar-refractivity contribution is 5.67. The number of aromatic nitrogens is 1. The first-order valence-corrected chi connectivity index (χ1v) is 11.1. The average molecular weight is 486 g/mol. The summed E-state index contributed by atoms with van der Waals surface area (Å²) in [4.78, 5) is 17.0. The third kappa shape index (κ3) is 5.54. The molecular weight excluding hydrogens is 462 g/mol. The highest BCUT2D eigenvalue weighted by Crippen LogP contribution is 2.50. The molecule has 4 rings (SSSR count).